The maximum absolute atomic E-state index is 9.52. The van der Waals surface area contributed by atoms with Gasteiger partial charge >= 0.3 is 0 Å². The first-order valence-electron chi connectivity index (χ1n) is 6.45. The first-order valence-corrected chi connectivity index (χ1v) is 6.45. The minimum atomic E-state index is -0.0286. The van der Waals surface area contributed by atoms with Crippen molar-refractivity contribution in [3.63, 3.8) is 0 Å². The lowest BCUT2D eigenvalue weighted by atomic mass is 9.77. The Hall–Kier alpha value is -0.590. The van der Waals surface area contributed by atoms with E-state index in [2.05, 4.69) is 18.3 Å². The van der Waals surface area contributed by atoms with Crippen molar-refractivity contribution >= 4 is 0 Å². The summed E-state index contributed by atoms with van der Waals surface area (Å²) in [5.74, 6) is 0.806. The summed E-state index contributed by atoms with van der Waals surface area (Å²) in [6.07, 6.45) is 7.24. The van der Waals surface area contributed by atoms with Gasteiger partial charge in [-0.15, -0.1) is 0 Å². The largest absolute Gasteiger partial charge is 0.394 e. The van der Waals surface area contributed by atoms with Crippen LogP contribution in [0.2, 0.25) is 0 Å². The summed E-state index contributed by atoms with van der Waals surface area (Å²) in [7, 11) is 0. The van der Waals surface area contributed by atoms with Gasteiger partial charge in [0.05, 0.1) is 12.7 Å². The Morgan fingerprint density at radius 2 is 2.06 bits per heavy atom. The van der Waals surface area contributed by atoms with E-state index in [1.807, 2.05) is 0 Å². The number of nitrogens with one attached hydrogen (secondary N) is 1. The molecule has 0 spiro atoms. The van der Waals surface area contributed by atoms with Crippen molar-refractivity contribution in [2.45, 2.75) is 57.4 Å². The summed E-state index contributed by atoms with van der Waals surface area (Å²) in [4.78, 5) is 0. The van der Waals surface area contributed by atoms with Crippen LogP contribution in [-0.2, 0) is 0 Å². The number of hydrogen-bond acceptors (Lipinski definition) is 3. The van der Waals surface area contributed by atoms with Gasteiger partial charge in [-0.1, -0.05) is 6.92 Å². The van der Waals surface area contributed by atoms with Crippen LogP contribution in [0.15, 0.2) is 0 Å². The highest BCUT2D eigenvalue weighted by Crippen LogP contribution is 2.31. The molecule has 0 aromatic heterocycles. The quantitative estimate of drug-likeness (QED) is 0.680. The Kier molecular flexibility index (Phi) is 5.79. The van der Waals surface area contributed by atoms with Gasteiger partial charge in [0.25, 0.3) is 0 Å². The molecular weight excluding hydrogens is 200 g/mol. The van der Waals surface area contributed by atoms with E-state index in [0.29, 0.717) is 6.42 Å². The second kappa shape index (κ2) is 6.88. The van der Waals surface area contributed by atoms with Crippen LogP contribution in [0.1, 0.15) is 51.9 Å². The van der Waals surface area contributed by atoms with Gasteiger partial charge < -0.3 is 10.4 Å². The lowest BCUT2D eigenvalue weighted by molar-refractivity contribution is 0.105. The van der Waals surface area contributed by atoms with Gasteiger partial charge in [0.2, 0.25) is 0 Å². The third-order valence-electron chi connectivity index (χ3n) is 3.75. The molecule has 0 atom stereocenters. The molecule has 1 aliphatic rings. The Morgan fingerprint density at radius 1 is 1.38 bits per heavy atom. The van der Waals surface area contributed by atoms with Crippen molar-refractivity contribution in [3.8, 4) is 6.07 Å². The third kappa shape index (κ3) is 4.11. The van der Waals surface area contributed by atoms with Crippen LogP contribution < -0.4 is 5.32 Å². The molecule has 0 aliphatic heterocycles. The Morgan fingerprint density at radius 3 is 2.62 bits per heavy atom. The number of aliphatic hydroxyl groups excluding tert-OH is 1. The molecule has 1 rings (SSSR count). The number of hydrogen-bond donors (Lipinski definition) is 2. The van der Waals surface area contributed by atoms with Gasteiger partial charge in [0.15, 0.2) is 0 Å². The minimum absolute atomic E-state index is 0.0286. The zero-order chi connectivity index (χ0) is 11.9. The monoisotopic (exact) mass is 224 g/mol. The van der Waals surface area contributed by atoms with Crippen molar-refractivity contribution in [3.05, 3.63) is 0 Å². The molecule has 0 unspecified atom stereocenters. The molecule has 1 aliphatic carbocycles. The second-order valence-corrected chi connectivity index (χ2v) is 5.16. The van der Waals surface area contributed by atoms with Crippen LogP contribution in [0.4, 0.5) is 0 Å². The molecule has 16 heavy (non-hydrogen) atoms. The normalized spacial score (nSPS) is 29.9. The lowest BCUT2D eigenvalue weighted by Crippen LogP contribution is -2.51. The van der Waals surface area contributed by atoms with Crippen molar-refractivity contribution in [1.29, 1.82) is 5.26 Å². The molecule has 0 bridgehead atoms. The summed E-state index contributed by atoms with van der Waals surface area (Å²) >= 11 is 0. The van der Waals surface area contributed by atoms with Crippen molar-refractivity contribution < 1.29 is 5.11 Å². The zero-order valence-corrected chi connectivity index (χ0v) is 10.3. The van der Waals surface area contributed by atoms with Gasteiger partial charge in [0, 0.05) is 12.0 Å². The maximum Gasteiger partial charge on any atom is 0.0621 e. The van der Waals surface area contributed by atoms with Crippen molar-refractivity contribution in [2.75, 3.05) is 13.2 Å². The minimum Gasteiger partial charge on any atom is -0.394 e. The van der Waals surface area contributed by atoms with Crippen molar-refractivity contribution in [1.82, 2.24) is 5.32 Å². The summed E-state index contributed by atoms with van der Waals surface area (Å²) in [5.41, 5.74) is -0.0286. The summed E-state index contributed by atoms with van der Waals surface area (Å²) in [5, 5.41) is 21.5. The van der Waals surface area contributed by atoms with E-state index in [-0.39, 0.29) is 12.1 Å². The lowest BCUT2D eigenvalue weighted by Gasteiger charge is -2.39. The van der Waals surface area contributed by atoms with E-state index < -0.39 is 0 Å². The van der Waals surface area contributed by atoms with E-state index in [1.54, 1.807) is 0 Å². The molecular formula is C13H24N2O. The van der Waals surface area contributed by atoms with E-state index >= 15 is 0 Å². The number of unbranched alkanes of at least 4 members (excludes halogenated alkanes) is 2. The van der Waals surface area contributed by atoms with Crippen LogP contribution in [0.25, 0.3) is 0 Å². The van der Waals surface area contributed by atoms with Crippen molar-refractivity contribution in [2.24, 2.45) is 5.92 Å². The molecule has 0 heterocycles. The molecule has 0 radical (unpaired) electrons. The molecule has 92 valence electrons. The number of aliphatic hydroxyl groups is 1. The van der Waals surface area contributed by atoms with E-state index in [4.69, 9.17) is 5.26 Å². The fraction of sp³-hybridized carbons (Fsp3) is 0.923. The SMILES string of the molecule is CC1CCC(CO)(NCCCCC#N)CC1. The zero-order valence-electron chi connectivity index (χ0n) is 10.3. The first-order chi connectivity index (χ1) is 7.72. The predicted molar refractivity (Wildman–Crippen MR) is 64.9 cm³/mol. The number of nitrogens with zero attached hydrogens (tertiary/aromatic N) is 1. The molecule has 0 saturated heterocycles. The van der Waals surface area contributed by atoms with Gasteiger partial charge in [-0.3, -0.25) is 0 Å². The third-order valence-corrected chi connectivity index (χ3v) is 3.75. The number of nitriles is 1. The average Bonchev–Trinajstić information content (AvgIpc) is 2.32. The molecule has 1 fully saturated rings. The second-order valence-electron chi connectivity index (χ2n) is 5.16. The van der Waals surface area contributed by atoms with Crippen LogP contribution >= 0.6 is 0 Å². The molecule has 0 amide bonds. The molecule has 0 aromatic carbocycles. The fourth-order valence-electron chi connectivity index (χ4n) is 2.39. The van der Waals surface area contributed by atoms with Gasteiger partial charge in [-0.05, 0) is 51.0 Å². The van der Waals surface area contributed by atoms with E-state index in [1.165, 1.54) is 12.8 Å². The van der Waals surface area contributed by atoms with Crippen LogP contribution in [0.5, 0.6) is 0 Å². The standard InChI is InChI=1S/C13H24N2O/c1-12-5-7-13(11-16,8-6-12)15-10-4-2-3-9-14/h12,15-16H,2-8,10-11H2,1H3. The smallest absolute Gasteiger partial charge is 0.0621 e. The average molecular weight is 224 g/mol. The molecule has 2 N–H and O–H groups in total. The molecule has 0 aromatic rings. The van der Waals surface area contributed by atoms with Gasteiger partial charge in [-0.25, -0.2) is 0 Å². The summed E-state index contributed by atoms with van der Waals surface area (Å²) in [6, 6.07) is 2.16. The molecule has 1 saturated carbocycles. The topological polar surface area (TPSA) is 56.0 Å². The predicted octanol–water partition coefficient (Wildman–Crippen LogP) is 2.21. The van der Waals surface area contributed by atoms with Gasteiger partial charge in [0.1, 0.15) is 0 Å². The van der Waals surface area contributed by atoms with Crippen LogP contribution in [0, 0.1) is 17.2 Å². The number of rotatable bonds is 6. The highest BCUT2D eigenvalue weighted by atomic mass is 16.3. The Balaban J connectivity index is 2.23. The highest BCUT2D eigenvalue weighted by molar-refractivity contribution is 4.91. The van der Waals surface area contributed by atoms with E-state index in [9.17, 15) is 5.11 Å². The van der Waals surface area contributed by atoms with Gasteiger partial charge in [-0.2, -0.15) is 5.26 Å². The van der Waals surface area contributed by atoms with E-state index in [0.717, 1.165) is 38.1 Å². The highest BCUT2D eigenvalue weighted by Gasteiger charge is 2.32. The van der Waals surface area contributed by atoms with Crippen LogP contribution in [-0.4, -0.2) is 23.8 Å². The summed E-state index contributed by atoms with van der Waals surface area (Å²) in [6.45, 7) is 3.46. The molecule has 3 heteroatoms. The Labute approximate surface area is 98.8 Å². The summed E-state index contributed by atoms with van der Waals surface area (Å²) < 4.78 is 0. The Bertz CT molecular complexity index is 227. The first kappa shape index (κ1) is 13.5. The fourth-order valence-corrected chi connectivity index (χ4v) is 2.39. The van der Waals surface area contributed by atoms with Crippen LogP contribution in [0.3, 0.4) is 0 Å². The maximum atomic E-state index is 9.52. The molecule has 3 nitrogen and oxygen atoms in total.